The maximum Gasteiger partial charge on any atom is 0.182 e. The summed E-state index contributed by atoms with van der Waals surface area (Å²) in [5, 5.41) is 9.99. The van der Waals surface area contributed by atoms with Gasteiger partial charge in [0.25, 0.3) is 0 Å². The average molecular weight is 310 g/mol. The van der Waals surface area contributed by atoms with Crippen LogP contribution in [0.4, 0.5) is 0 Å². The molecule has 0 radical (unpaired) electrons. The molecule has 1 aromatic rings. The van der Waals surface area contributed by atoms with Crippen LogP contribution in [0.2, 0.25) is 0 Å². The Labute approximate surface area is 137 Å². The monoisotopic (exact) mass is 310 g/mol. The molecule has 0 unspecified atom stereocenters. The van der Waals surface area contributed by atoms with Crippen LogP contribution in [-0.2, 0) is 16.0 Å². The number of ether oxygens (including phenoxy) is 1. The Kier molecular flexibility index (Phi) is 3.77. The summed E-state index contributed by atoms with van der Waals surface area (Å²) in [5.41, 5.74) is 4.85. The number of fused-ring (bicyclic) bond motifs is 3. The molecule has 0 aromatic heterocycles. The van der Waals surface area contributed by atoms with E-state index in [1.54, 1.807) is 18.2 Å². The predicted octanol–water partition coefficient (Wildman–Crippen LogP) is 3.89. The molecule has 3 heteroatoms. The molecule has 0 fully saturated rings. The number of carbonyl (C=O) groups is 1. The van der Waals surface area contributed by atoms with Crippen molar-refractivity contribution in [2.24, 2.45) is 0 Å². The lowest BCUT2D eigenvalue weighted by atomic mass is 9.67. The highest BCUT2D eigenvalue weighted by Gasteiger charge is 2.46. The molecular formula is C20H22O3. The quantitative estimate of drug-likeness (QED) is 0.921. The number of allylic oxidation sites excluding steroid dienone is 2. The SMILES string of the molecule is C=CC1=C(C)C(=O)C=C2c3ccc(O)c(C)c3CC[C@@]21OCC. The summed E-state index contributed by atoms with van der Waals surface area (Å²) < 4.78 is 6.21. The fourth-order valence-electron chi connectivity index (χ4n) is 3.91. The highest BCUT2D eigenvalue weighted by atomic mass is 16.5. The van der Waals surface area contributed by atoms with Crippen LogP contribution in [0.5, 0.6) is 5.75 Å². The number of aromatic hydroxyl groups is 1. The van der Waals surface area contributed by atoms with Crippen molar-refractivity contribution in [3.8, 4) is 5.75 Å². The highest BCUT2D eigenvalue weighted by molar-refractivity contribution is 6.13. The third-order valence-electron chi connectivity index (χ3n) is 5.10. The molecule has 0 spiro atoms. The molecule has 2 aliphatic rings. The molecule has 3 nitrogen and oxygen atoms in total. The van der Waals surface area contributed by atoms with Crippen LogP contribution < -0.4 is 0 Å². The van der Waals surface area contributed by atoms with Crippen molar-refractivity contribution in [3.05, 3.63) is 58.7 Å². The van der Waals surface area contributed by atoms with Gasteiger partial charge in [0.15, 0.2) is 5.78 Å². The second-order valence-electron chi connectivity index (χ2n) is 6.16. The Morgan fingerprint density at radius 1 is 1.39 bits per heavy atom. The normalized spacial score (nSPS) is 23.3. The first-order valence-electron chi connectivity index (χ1n) is 8.02. The Hall–Kier alpha value is -2.13. The van der Waals surface area contributed by atoms with E-state index in [0.29, 0.717) is 17.9 Å². The van der Waals surface area contributed by atoms with E-state index in [1.165, 1.54) is 0 Å². The maximum absolute atomic E-state index is 12.4. The van der Waals surface area contributed by atoms with Gasteiger partial charge in [-0.2, -0.15) is 0 Å². The van der Waals surface area contributed by atoms with Gasteiger partial charge in [-0.3, -0.25) is 4.79 Å². The predicted molar refractivity (Wildman–Crippen MR) is 91.4 cm³/mol. The van der Waals surface area contributed by atoms with Crippen LogP contribution in [-0.4, -0.2) is 23.1 Å². The van der Waals surface area contributed by atoms with E-state index in [9.17, 15) is 9.90 Å². The van der Waals surface area contributed by atoms with Crippen LogP contribution in [0, 0.1) is 6.92 Å². The second kappa shape index (κ2) is 5.50. The summed E-state index contributed by atoms with van der Waals surface area (Å²) in [4.78, 5) is 12.4. The number of hydrogen-bond acceptors (Lipinski definition) is 3. The highest BCUT2D eigenvalue weighted by Crippen LogP contribution is 2.50. The third-order valence-corrected chi connectivity index (χ3v) is 5.10. The molecule has 1 atom stereocenters. The van der Waals surface area contributed by atoms with E-state index >= 15 is 0 Å². The fraction of sp³-hybridized carbons (Fsp3) is 0.350. The maximum atomic E-state index is 12.4. The largest absolute Gasteiger partial charge is 0.508 e. The minimum absolute atomic E-state index is 0.00352. The number of rotatable bonds is 3. The number of phenolic OH excluding ortho intramolecular Hbond substituents is 1. The number of hydrogen-bond donors (Lipinski definition) is 1. The molecule has 1 N–H and O–H groups in total. The molecule has 0 saturated heterocycles. The number of carbonyl (C=O) groups excluding carboxylic acids is 1. The molecule has 0 aliphatic heterocycles. The lowest BCUT2D eigenvalue weighted by Gasteiger charge is -2.44. The van der Waals surface area contributed by atoms with Crippen molar-refractivity contribution in [3.63, 3.8) is 0 Å². The van der Waals surface area contributed by atoms with E-state index in [-0.39, 0.29) is 5.78 Å². The summed E-state index contributed by atoms with van der Waals surface area (Å²) in [5.74, 6) is 0.301. The molecule has 0 heterocycles. The standard InChI is InChI=1S/C20H22O3/c1-5-16-13(4)19(22)11-17-15-7-8-18(21)12(3)14(15)9-10-20(16,17)23-6-2/h5,7-8,11,21H,1,6,9-10H2,2-4H3/t20-/m0/s1. The molecular weight excluding hydrogens is 288 g/mol. The van der Waals surface area contributed by atoms with Crippen molar-refractivity contribution in [2.75, 3.05) is 6.61 Å². The second-order valence-corrected chi connectivity index (χ2v) is 6.16. The van der Waals surface area contributed by atoms with Crippen LogP contribution in [0.3, 0.4) is 0 Å². The van der Waals surface area contributed by atoms with Crippen LogP contribution in [0.25, 0.3) is 5.57 Å². The summed E-state index contributed by atoms with van der Waals surface area (Å²) in [6.07, 6.45) is 5.00. The van der Waals surface area contributed by atoms with Gasteiger partial charge in [-0.05, 0) is 73.6 Å². The van der Waals surface area contributed by atoms with E-state index in [4.69, 9.17) is 4.74 Å². The first kappa shape index (κ1) is 15.8. The molecule has 2 aliphatic carbocycles. The van der Waals surface area contributed by atoms with Gasteiger partial charge in [0.1, 0.15) is 11.4 Å². The third kappa shape index (κ3) is 2.11. The van der Waals surface area contributed by atoms with Gasteiger partial charge in [-0.25, -0.2) is 0 Å². The van der Waals surface area contributed by atoms with Gasteiger partial charge >= 0.3 is 0 Å². The Morgan fingerprint density at radius 2 is 2.13 bits per heavy atom. The van der Waals surface area contributed by atoms with Crippen LogP contribution in [0.1, 0.15) is 37.0 Å². The van der Waals surface area contributed by atoms with Gasteiger partial charge < -0.3 is 9.84 Å². The summed E-state index contributed by atoms with van der Waals surface area (Å²) in [6, 6.07) is 3.59. The molecule has 0 saturated carbocycles. The zero-order chi connectivity index (χ0) is 16.8. The zero-order valence-corrected chi connectivity index (χ0v) is 13.9. The molecule has 0 bridgehead atoms. The summed E-state index contributed by atoms with van der Waals surface area (Å²) >= 11 is 0. The first-order valence-corrected chi connectivity index (χ1v) is 8.02. The van der Waals surface area contributed by atoms with Crippen LogP contribution in [0.15, 0.2) is 42.0 Å². The van der Waals surface area contributed by atoms with Gasteiger partial charge in [0.2, 0.25) is 0 Å². The van der Waals surface area contributed by atoms with Crippen molar-refractivity contribution < 1.29 is 14.6 Å². The molecule has 1 aromatic carbocycles. The number of ketones is 1. The summed E-state index contributed by atoms with van der Waals surface area (Å²) in [6.45, 7) is 10.2. The molecule has 23 heavy (non-hydrogen) atoms. The van der Waals surface area contributed by atoms with Crippen molar-refractivity contribution in [1.82, 2.24) is 0 Å². The van der Waals surface area contributed by atoms with Crippen molar-refractivity contribution >= 4 is 11.4 Å². The van der Waals surface area contributed by atoms with Crippen molar-refractivity contribution in [1.29, 1.82) is 0 Å². The lowest BCUT2D eigenvalue weighted by Crippen LogP contribution is -2.43. The molecule has 3 rings (SSSR count). The van der Waals surface area contributed by atoms with Gasteiger partial charge in [-0.1, -0.05) is 18.7 Å². The zero-order valence-electron chi connectivity index (χ0n) is 13.9. The van der Waals surface area contributed by atoms with Gasteiger partial charge in [0, 0.05) is 12.2 Å². The number of phenols is 1. The Balaban J connectivity index is 2.29. The minimum atomic E-state index is -0.606. The summed E-state index contributed by atoms with van der Waals surface area (Å²) in [7, 11) is 0. The minimum Gasteiger partial charge on any atom is -0.508 e. The Bertz CT molecular complexity index is 767. The average Bonchev–Trinajstić information content (AvgIpc) is 2.53. The molecule has 0 amide bonds. The molecule has 120 valence electrons. The topological polar surface area (TPSA) is 46.5 Å². The van der Waals surface area contributed by atoms with E-state index in [1.807, 2.05) is 26.8 Å². The van der Waals surface area contributed by atoms with Crippen molar-refractivity contribution in [2.45, 2.75) is 39.2 Å². The van der Waals surface area contributed by atoms with E-state index in [0.717, 1.165) is 40.7 Å². The number of benzene rings is 1. The van der Waals surface area contributed by atoms with Gasteiger partial charge in [0.05, 0.1) is 0 Å². The van der Waals surface area contributed by atoms with Gasteiger partial charge in [-0.15, -0.1) is 0 Å². The van der Waals surface area contributed by atoms with E-state index in [2.05, 4.69) is 6.58 Å². The fourth-order valence-corrected chi connectivity index (χ4v) is 3.91. The first-order chi connectivity index (χ1) is 11.0. The Morgan fingerprint density at radius 3 is 2.78 bits per heavy atom. The lowest BCUT2D eigenvalue weighted by molar-refractivity contribution is -0.111. The van der Waals surface area contributed by atoms with E-state index < -0.39 is 5.60 Å². The van der Waals surface area contributed by atoms with Crippen LogP contribution >= 0.6 is 0 Å². The smallest absolute Gasteiger partial charge is 0.182 e.